The second kappa shape index (κ2) is 10.8. The summed E-state index contributed by atoms with van der Waals surface area (Å²) in [5.74, 6) is 1.38. The molecule has 1 aromatic rings. The SMILES string of the molecule is CC(C)(C)P(Cc1cc([Si](C)(C)C)c([Si](C)(C)C)cc1C(P)(C1CCNC1)C1CCNC1)C(C)(C)C. The van der Waals surface area contributed by atoms with Gasteiger partial charge in [0.2, 0.25) is 0 Å². The third-order valence-corrected chi connectivity index (χ3v) is 18.2. The van der Waals surface area contributed by atoms with E-state index in [4.69, 9.17) is 0 Å². The molecule has 2 aliphatic heterocycles. The minimum Gasteiger partial charge on any atom is -0.316 e. The molecule has 2 aliphatic rings. The highest BCUT2D eigenvalue weighted by molar-refractivity contribution is 7.60. The van der Waals surface area contributed by atoms with Crippen LogP contribution in [0, 0.1) is 11.8 Å². The zero-order chi connectivity index (χ0) is 27.3. The van der Waals surface area contributed by atoms with Crippen molar-refractivity contribution in [3.8, 4) is 0 Å². The van der Waals surface area contributed by atoms with E-state index in [1.807, 2.05) is 0 Å². The Bertz CT molecular complexity index is 877. The monoisotopic (exact) mass is 564 g/mol. The first-order valence-electron chi connectivity index (χ1n) is 14.4. The Hall–Kier alpha value is 0.434. The lowest BCUT2D eigenvalue weighted by atomic mass is 9.73. The van der Waals surface area contributed by atoms with E-state index in [-0.39, 0.29) is 13.1 Å². The Balaban J connectivity index is 2.35. The summed E-state index contributed by atoms with van der Waals surface area (Å²) in [5.41, 5.74) is 3.40. The van der Waals surface area contributed by atoms with Gasteiger partial charge >= 0.3 is 0 Å². The van der Waals surface area contributed by atoms with Crippen molar-refractivity contribution in [2.24, 2.45) is 11.8 Å². The van der Waals surface area contributed by atoms with Crippen LogP contribution in [0.3, 0.4) is 0 Å². The van der Waals surface area contributed by atoms with Crippen molar-refractivity contribution in [2.75, 3.05) is 26.2 Å². The van der Waals surface area contributed by atoms with Crippen LogP contribution in [0.2, 0.25) is 39.3 Å². The number of rotatable bonds is 7. The van der Waals surface area contributed by atoms with E-state index in [0.29, 0.717) is 22.1 Å². The van der Waals surface area contributed by atoms with Crippen LogP contribution in [-0.2, 0) is 11.3 Å². The molecule has 0 saturated carbocycles. The fourth-order valence-corrected chi connectivity index (χ4v) is 16.6. The van der Waals surface area contributed by atoms with Crippen molar-refractivity contribution in [1.29, 1.82) is 0 Å². The summed E-state index contributed by atoms with van der Waals surface area (Å²) in [6.07, 6.45) is 3.84. The van der Waals surface area contributed by atoms with Gasteiger partial charge in [0, 0.05) is 5.16 Å². The second-order valence-electron chi connectivity index (χ2n) is 15.8. The highest BCUT2D eigenvalue weighted by Crippen LogP contribution is 2.62. The standard InChI is InChI=1S/C30H58N2P2Si2/c1-28(2,3)34(29(4,5)6)21-22-17-26(35(7,8)9)27(36(10,11)12)18-25(22)30(33,23-13-15-31-19-23)24-14-16-32-20-24/h17-18,23-24,31-32H,13-16,19-21,33H2,1-12H3. The van der Waals surface area contributed by atoms with E-state index in [9.17, 15) is 0 Å². The molecule has 206 valence electrons. The first-order chi connectivity index (χ1) is 16.3. The Morgan fingerprint density at radius 3 is 1.53 bits per heavy atom. The van der Waals surface area contributed by atoms with Gasteiger partial charge in [0.25, 0.3) is 0 Å². The highest BCUT2D eigenvalue weighted by Gasteiger charge is 2.47. The normalized spacial score (nSPS) is 23.9. The van der Waals surface area contributed by atoms with Crippen LogP contribution in [0.15, 0.2) is 12.1 Å². The maximum absolute atomic E-state index is 3.75. The van der Waals surface area contributed by atoms with Gasteiger partial charge in [-0.15, -0.1) is 9.24 Å². The van der Waals surface area contributed by atoms with E-state index in [0.717, 1.165) is 13.1 Å². The van der Waals surface area contributed by atoms with Crippen molar-refractivity contribution in [2.45, 2.75) is 115 Å². The minimum atomic E-state index is -1.51. The van der Waals surface area contributed by atoms with E-state index >= 15 is 0 Å². The summed E-state index contributed by atoms with van der Waals surface area (Å²) in [4.78, 5) is 0. The number of hydrogen-bond acceptors (Lipinski definition) is 2. The Morgan fingerprint density at radius 1 is 0.778 bits per heavy atom. The smallest absolute Gasteiger partial charge is 0.0774 e. The molecule has 0 aromatic heterocycles. The molecule has 36 heavy (non-hydrogen) atoms. The molecule has 2 heterocycles. The molecule has 3 unspecified atom stereocenters. The lowest BCUT2D eigenvalue weighted by molar-refractivity contribution is 0.299. The zero-order valence-electron chi connectivity index (χ0n) is 25.8. The molecule has 3 rings (SSSR count). The fraction of sp³-hybridized carbons (Fsp3) is 0.800. The van der Waals surface area contributed by atoms with Crippen LogP contribution in [0.5, 0.6) is 0 Å². The summed E-state index contributed by atoms with van der Waals surface area (Å²) >= 11 is 0. The first-order valence-corrected chi connectivity index (χ1v) is 23.5. The molecular weight excluding hydrogens is 506 g/mol. The molecule has 0 aliphatic carbocycles. The largest absolute Gasteiger partial charge is 0.316 e. The molecule has 6 heteroatoms. The third kappa shape index (κ3) is 6.59. The number of hydrogen-bond donors (Lipinski definition) is 2. The molecule has 3 atom stereocenters. The van der Waals surface area contributed by atoms with Crippen LogP contribution in [0.1, 0.15) is 65.5 Å². The average Bonchev–Trinajstić information content (AvgIpc) is 3.42. The summed E-state index contributed by atoms with van der Waals surface area (Å²) in [7, 11) is 0.326. The van der Waals surface area contributed by atoms with Crippen LogP contribution in [0.25, 0.3) is 0 Å². The molecule has 0 bridgehead atoms. The van der Waals surface area contributed by atoms with Crippen molar-refractivity contribution < 1.29 is 0 Å². The van der Waals surface area contributed by atoms with E-state index in [2.05, 4.69) is 113 Å². The summed E-state index contributed by atoms with van der Waals surface area (Å²) < 4.78 is 0. The quantitative estimate of drug-likeness (QED) is 0.286. The van der Waals surface area contributed by atoms with Crippen molar-refractivity contribution in [1.82, 2.24) is 10.6 Å². The van der Waals surface area contributed by atoms with Crippen LogP contribution < -0.4 is 21.0 Å². The minimum absolute atomic E-state index is 0.144. The van der Waals surface area contributed by atoms with Crippen molar-refractivity contribution in [3.05, 3.63) is 23.3 Å². The van der Waals surface area contributed by atoms with Gasteiger partial charge in [-0.25, -0.2) is 0 Å². The van der Waals surface area contributed by atoms with Crippen LogP contribution >= 0.6 is 17.2 Å². The van der Waals surface area contributed by atoms with Crippen LogP contribution in [-0.4, -0.2) is 52.6 Å². The maximum Gasteiger partial charge on any atom is 0.0774 e. The maximum atomic E-state index is 3.75. The topological polar surface area (TPSA) is 24.1 Å². The third-order valence-electron chi connectivity index (χ3n) is 8.75. The van der Waals surface area contributed by atoms with E-state index < -0.39 is 16.1 Å². The van der Waals surface area contributed by atoms with E-state index in [1.165, 1.54) is 32.1 Å². The van der Waals surface area contributed by atoms with Gasteiger partial charge in [-0.1, -0.05) is 111 Å². The Kier molecular flexibility index (Phi) is 9.27. The first kappa shape index (κ1) is 31.0. The summed E-state index contributed by atoms with van der Waals surface area (Å²) in [5, 5.41) is 11.8. The van der Waals surface area contributed by atoms with Crippen molar-refractivity contribution in [3.63, 3.8) is 0 Å². The van der Waals surface area contributed by atoms with Gasteiger partial charge in [-0.3, -0.25) is 0 Å². The van der Waals surface area contributed by atoms with Gasteiger partial charge in [0.1, 0.15) is 0 Å². The molecule has 2 saturated heterocycles. The molecule has 2 nitrogen and oxygen atoms in total. The number of nitrogens with one attached hydrogen (secondary N) is 2. The average molecular weight is 565 g/mol. The lowest BCUT2D eigenvalue weighted by Crippen LogP contribution is -2.57. The van der Waals surface area contributed by atoms with Crippen LogP contribution in [0.4, 0.5) is 0 Å². The number of benzene rings is 1. The fourth-order valence-electron chi connectivity index (χ4n) is 6.97. The van der Waals surface area contributed by atoms with Gasteiger partial charge in [-0.05, 0) is 78.5 Å². The molecular formula is C30H58N2P2Si2. The highest BCUT2D eigenvalue weighted by atomic mass is 31.1. The predicted molar refractivity (Wildman–Crippen MR) is 176 cm³/mol. The Morgan fingerprint density at radius 2 is 1.19 bits per heavy atom. The van der Waals surface area contributed by atoms with Gasteiger partial charge < -0.3 is 10.6 Å². The van der Waals surface area contributed by atoms with Gasteiger partial charge in [0.15, 0.2) is 0 Å². The second-order valence-corrected chi connectivity index (χ2v) is 30.7. The Labute approximate surface area is 230 Å². The van der Waals surface area contributed by atoms with E-state index in [1.54, 1.807) is 21.5 Å². The molecule has 0 spiro atoms. The van der Waals surface area contributed by atoms with Crippen molar-refractivity contribution >= 4 is 43.7 Å². The molecule has 0 radical (unpaired) electrons. The summed E-state index contributed by atoms with van der Waals surface area (Å²) in [6, 6.07) is 5.59. The molecule has 0 amide bonds. The summed E-state index contributed by atoms with van der Waals surface area (Å²) in [6.45, 7) is 35.1. The van der Waals surface area contributed by atoms with Gasteiger partial charge in [0.05, 0.1) is 16.1 Å². The molecule has 1 aromatic carbocycles. The lowest BCUT2D eigenvalue weighted by Gasteiger charge is -2.46. The molecule has 2 N–H and O–H groups in total. The predicted octanol–water partition coefficient (Wildman–Crippen LogP) is 6.65. The van der Waals surface area contributed by atoms with Gasteiger partial charge in [-0.2, -0.15) is 0 Å². The molecule has 2 fully saturated rings. The zero-order valence-corrected chi connectivity index (χ0v) is 29.8.